The maximum Gasteiger partial charge on any atom is 0.163 e. The molecule has 0 atom stereocenters. The molecule has 106 valence electrons. The van der Waals surface area contributed by atoms with Crippen molar-refractivity contribution in [1.82, 2.24) is 19.7 Å². The van der Waals surface area contributed by atoms with Gasteiger partial charge in [-0.05, 0) is 24.6 Å². The normalized spacial score (nSPS) is 10.8. The third-order valence-electron chi connectivity index (χ3n) is 3.11. The summed E-state index contributed by atoms with van der Waals surface area (Å²) in [6, 6.07) is 7.80. The standard InChI is InChI=1S/C15H14BrN5/c1-9-3-4-11(12(16)5-9)15-19-13(6-14(17)20-15)10-7-18-21(2)8-10/h3-8H,1-2H3,(H2,17,19,20). The summed E-state index contributed by atoms with van der Waals surface area (Å²) in [5, 5.41) is 4.16. The molecule has 0 saturated carbocycles. The Hall–Kier alpha value is -2.21. The van der Waals surface area contributed by atoms with Crippen LogP contribution in [0.4, 0.5) is 5.82 Å². The van der Waals surface area contributed by atoms with Gasteiger partial charge in [0.15, 0.2) is 5.82 Å². The highest BCUT2D eigenvalue weighted by Crippen LogP contribution is 2.29. The van der Waals surface area contributed by atoms with Crippen molar-refractivity contribution >= 4 is 21.7 Å². The molecule has 0 bridgehead atoms. The first-order chi connectivity index (χ1) is 10.0. The summed E-state index contributed by atoms with van der Waals surface area (Å²) in [5.41, 5.74) is 9.69. The zero-order chi connectivity index (χ0) is 15.0. The van der Waals surface area contributed by atoms with E-state index in [1.54, 1.807) is 16.9 Å². The topological polar surface area (TPSA) is 69.6 Å². The molecule has 2 N–H and O–H groups in total. The molecule has 0 amide bonds. The van der Waals surface area contributed by atoms with Crippen LogP contribution in [0.15, 0.2) is 41.1 Å². The zero-order valence-corrected chi connectivity index (χ0v) is 13.3. The lowest BCUT2D eigenvalue weighted by atomic mass is 10.1. The Kier molecular flexibility index (Phi) is 3.47. The number of nitrogens with zero attached hydrogens (tertiary/aromatic N) is 4. The molecule has 1 aromatic carbocycles. The van der Waals surface area contributed by atoms with Gasteiger partial charge in [0.1, 0.15) is 5.82 Å². The van der Waals surface area contributed by atoms with Crippen molar-refractivity contribution in [2.24, 2.45) is 7.05 Å². The van der Waals surface area contributed by atoms with Gasteiger partial charge in [0.05, 0.1) is 11.9 Å². The molecule has 0 aliphatic carbocycles. The summed E-state index contributed by atoms with van der Waals surface area (Å²) in [4.78, 5) is 8.94. The van der Waals surface area contributed by atoms with E-state index in [0.717, 1.165) is 21.3 Å². The van der Waals surface area contributed by atoms with E-state index in [9.17, 15) is 0 Å². The van der Waals surface area contributed by atoms with Crippen molar-refractivity contribution in [2.75, 3.05) is 5.73 Å². The minimum absolute atomic E-state index is 0.436. The van der Waals surface area contributed by atoms with E-state index in [2.05, 4.69) is 31.0 Å². The van der Waals surface area contributed by atoms with Crippen LogP contribution in [-0.4, -0.2) is 19.7 Å². The number of benzene rings is 1. The van der Waals surface area contributed by atoms with E-state index in [1.807, 2.05) is 38.4 Å². The largest absolute Gasteiger partial charge is 0.384 e. The van der Waals surface area contributed by atoms with Crippen LogP contribution >= 0.6 is 15.9 Å². The number of rotatable bonds is 2. The molecule has 2 aromatic heterocycles. The van der Waals surface area contributed by atoms with Crippen LogP contribution in [0.25, 0.3) is 22.6 Å². The lowest BCUT2D eigenvalue weighted by Crippen LogP contribution is -1.98. The smallest absolute Gasteiger partial charge is 0.163 e. The van der Waals surface area contributed by atoms with E-state index < -0.39 is 0 Å². The predicted octanol–water partition coefficient (Wildman–Crippen LogP) is 3.20. The van der Waals surface area contributed by atoms with Crippen LogP contribution in [0.5, 0.6) is 0 Å². The van der Waals surface area contributed by atoms with Gasteiger partial charge >= 0.3 is 0 Å². The van der Waals surface area contributed by atoms with E-state index in [1.165, 1.54) is 5.56 Å². The SMILES string of the molecule is Cc1ccc(-c2nc(N)cc(-c3cnn(C)c3)n2)c(Br)c1. The Bertz CT molecular complexity index is 810. The molecule has 0 saturated heterocycles. The minimum Gasteiger partial charge on any atom is -0.384 e. The highest BCUT2D eigenvalue weighted by Gasteiger charge is 2.11. The average molecular weight is 344 g/mol. The Balaban J connectivity index is 2.13. The monoisotopic (exact) mass is 343 g/mol. The lowest BCUT2D eigenvalue weighted by molar-refractivity contribution is 0.768. The van der Waals surface area contributed by atoms with Gasteiger partial charge in [-0.2, -0.15) is 5.10 Å². The molecular weight excluding hydrogens is 330 g/mol. The number of nitrogen functional groups attached to an aromatic ring is 1. The number of aromatic nitrogens is 4. The molecule has 0 aliphatic rings. The summed E-state index contributed by atoms with van der Waals surface area (Å²) in [6.45, 7) is 2.04. The maximum absolute atomic E-state index is 5.93. The van der Waals surface area contributed by atoms with Crippen molar-refractivity contribution < 1.29 is 0 Å². The first kappa shape index (κ1) is 13.8. The number of anilines is 1. The molecule has 0 unspecified atom stereocenters. The van der Waals surface area contributed by atoms with E-state index in [0.29, 0.717) is 11.6 Å². The molecule has 0 spiro atoms. The van der Waals surface area contributed by atoms with Crippen LogP contribution in [-0.2, 0) is 7.05 Å². The van der Waals surface area contributed by atoms with Gasteiger partial charge in [-0.3, -0.25) is 4.68 Å². The van der Waals surface area contributed by atoms with E-state index >= 15 is 0 Å². The Morgan fingerprint density at radius 1 is 1.19 bits per heavy atom. The number of aryl methyl sites for hydroxylation is 2. The van der Waals surface area contributed by atoms with Gasteiger partial charge in [0.25, 0.3) is 0 Å². The van der Waals surface area contributed by atoms with Crippen LogP contribution in [0.2, 0.25) is 0 Å². The number of nitrogens with two attached hydrogens (primary N) is 1. The van der Waals surface area contributed by atoms with Crippen molar-refractivity contribution in [3.8, 4) is 22.6 Å². The number of halogens is 1. The first-order valence-electron chi connectivity index (χ1n) is 6.43. The Morgan fingerprint density at radius 2 is 2.00 bits per heavy atom. The lowest BCUT2D eigenvalue weighted by Gasteiger charge is -2.07. The van der Waals surface area contributed by atoms with Crippen LogP contribution in [0, 0.1) is 6.92 Å². The Morgan fingerprint density at radius 3 is 2.67 bits per heavy atom. The minimum atomic E-state index is 0.436. The summed E-state index contributed by atoms with van der Waals surface area (Å²) < 4.78 is 2.68. The van der Waals surface area contributed by atoms with Gasteiger partial charge in [-0.15, -0.1) is 0 Å². The molecule has 6 heteroatoms. The van der Waals surface area contributed by atoms with E-state index in [4.69, 9.17) is 5.73 Å². The van der Waals surface area contributed by atoms with Gasteiger partial charge in [0, 0.05) is 34.9 Å². The fraction of sp³-hybridized carbons (Fsp3) is 0.133. The number of hydrogen-bond donors (Lipinski definition) is 1. The molecule has 0 fully saturated rings. The van der Waals surface area contributed by atoms with Crippen molar-refractivity contribution in [1.29, 1.82) is 0 Å². The summed E-state index contributed by atoms with van der Waals surface area (Å²) in [7, 11) is 1.87. The third kappa shape index (κ3) is 2.80. The highest BCUT2D eigenvalue weighted by molar-refractivity contribution is 9.10. The molecule has 2 heterocycles. The van der Waals surface area contributed by atoms with Crippen molar-refractivity contribution in [2.45, 2.75) is 6.92 Å². The summed E-state index contributed by atoms with van der Waals surface area (Å²) >= 11 is 3.56. The predicted molar refractivity (Wildman–Crippen MR) is 86.5 cm³/mol. The molecule has 5 nitrogen and oxygen atoms in total. The zero-order valence-electron chi connectivity index (χ0n) is 11.7. The second kappa shape index (κ2) is 5.29. The van der Waals surface area contributed by atoms with E-state index in [-0.39, 0.29) is 0 Å². The fourth-order valence-corrected chi connectivity index (χ4v) is 2.76. The molecule has 0 aliphatic heterocycles. The van der Waals surface area contributed by atoms with Gasteiger partial charge < -0.3 is 5.73 Å². The molecule has 21 heavy (non-hydrogen) atoms. The Labute approximate surface area is 131 Å². The van der Waals surface area contributed by atoms with Crippen LogP contribution in [0.1, 0.15) is 5.56 Å². The first-order valence-corrected chi connectivity index (χ1v) is 7.22. The van der Waals surface area contributed by atoms with Crippen molar-refractivity contribution in [3.05, 3.63) is 46.7 Å². The van der Waals surface area contributed by atoms with Gasteiger partial charge in [-0.25, -0.2) is 9.97 Å². The molecular formula is C15H14BrN5. The second-order valence-electron chi connectivity index (χ2n) is 4.89. The quantitative estimate of drug-likeness (QED) is 0.775. The molecule has 3 aromatic rings. The summed E-state index contributed by atoms with van der Waals surface area (Å²) in [5.74, 6) is 1.03. The van der Waals surface area contributed by atoms with Crippen LogP contribution in [0.3, 0.4) is 0 Å². The fourth-order valence-electron chi connectivity index (χ4n) is 2.09. The average Bonchev–Trinajstić information content (AvgIpc) is 2.84. The van der Waals surface area contributed by atoms with Crippen LogP contribution < -0.4 is 5.73 Å². The highest BCUT2D eigenvalue weighted by atomic mass is 79.9. The van der Waals surface area contributed by atoms with Gasteiger partial charge in [-0.1, -0.05) is 22.0 Å². The summed E-state index contributed by atoms with van der Waals surface area (Å²) in [6.07, 6.45) is 3.66. The van der Waals surface area contributed by atoms with Gasteiger partial charge in [0.2, 0.25) is 0 Å². The molecule has 0 radical (unpaired) electrons. The number of hydrogen-bond acceptors (Lipinski definition) is 4. The second-order valence-corrected chi connectivity index (χ2v) is 5.74. The molecule has 3 rings (SSSR count). The maximum atomic E-state index is 5.93. The third-order valence-corrected chi connectivity index (χ3v) is 3.77. The van der Waals surface area contributed by atoms with Crippen molar-refractivity contribution in [3.63, 3.8) is 0 Å².